The number of hydrogen-bond donors (Lipinski definition) is 0. The Balaban J connectivity index is 1.98. The van der Waals surface area contributed by atoms with E-state index in [1.165, 1.54) is 36.4 Å². The number of fused-ring (bicyclic) bond motifs is 1. The Labute approximate surface area is 189 Å². The molecule has 0 aromatic heterocycles. The molecule has 6 heteroatoms. The van der Waals surface area contributed by atoms with Crippen molar-refractivity contribution in [3.8, 4) is 5.75 Å². The lowest BCUT2D eigenvalue weighted by atomic mass is 9.98. The van der Waals surface area contributed by atoms with Crippen LogP contribution in [-0.4, -0.2) is 6.61 Å². The van der Waals surface area contributed by atoms with Gasteiger partial charge in [0.1, 0.15) is 18.2 Å². The fourth-order valence-corrected chi connectivity index (χ4v) is 3.38. The summed E-state index contributed by atoms with van der Waals surface area (Å²) in [6.07, 6.45) is 7.89. The molecular weight excluding hydrogens is 435 g/mol. The van der Waals surface area contributed by atoms with Gasteiger partial charge in [-0.3, -0.25) is 0 Å². The van der Waals surface area contributed by atoms with Crippen LogP contribution in [0.5, 0.6) is 5.75 Å². The van der Waals surface area contributed by atoms with Gasteiger partial charge in [0.05, 0.1) is 5.39 Å². The van der Waals surface area contributed by atoms with E-state index in [2.05, 4.69) is 0 Å². The first-order valence-corrected chi connectivity index (χ1v) is 10.5. The molecule has 0 saturated heterocycles. The Bertz CT molecular complexity index is 1220. The Kier molecular flexibility index (Phi) is 8.04. The smallest absolute Gasteiger partial charge is 0.169 e. The number of hydrogen-bond acceptors (Lipinski definition) is 1. The van der Waals surface area contributed by atoms with Crippen LogP contribution in [0.2, 0.25) is 0 Å². The third-order valence-corrected chi connectivity index (χ3v) is 5.13. The van der Waals surface area contributed by atoms with E-state index < -0.39 is 40.1 Å². The summed E-state index contributed by atoms with van der Waals surface area (Å²) in [4.78, 5) is 0. The molecule has 172 valence electrons. The molecule has 0 bridgehead atoms. The van der Waals surface area contributed by atoms with Crippen LogP contribution in [0.1, 0.15) is 37.0 Å². The largest absolute Gasteiger partial charge is 0.490 e. The van der Waals surface area contributed by atoms with Gasteiger partial charge in [0.25, 0.3) is 0 Å². The van der Waals surface area contributed by atoms with E-state index in [0.717, 1.165) is 6.07 Å². The molecule has 0 radical (unpaired) electrons. The summed E-state index contributed by atoms with van der Waals surface area (Å²) in [7, 11) is 0. The normalized spacial score (nSPS) is 12.7. The molecule has 0 amide bonds. The van der Waals surface area contributed by atoms with Crippen molar-refractivity contribution in [3.05, 3.63) is 101 Å². The second-order valence-electron chi connectivity index (χ2n) is 7.33. The van der Waals surface area contributed by atoms with Gasteiger partial charge in [-0.1, -0.05) is 30.4 Å². The van der Waals surface area contributed by atoms with Crippen LogP contribution in [0.15, 0.2) is 66.8 Å². The Morgan fingerprint density at radius 1 is 0.818 bits per heavy atom. The summed E-state index contributed by atoms with van der Waals surface area (Å²) in [5.41, 5.74) is -0.839. The van der Waals surface area contributed by atoms with E-state index in [1.54, 1.807) is 18.2 Å². The Hall–Kier alpha value is -3.41. The van der Waals surface area contributed by atoms with Crippen LogP contribution >= 0.6 is 0 Å². The van der Waals surface area contributed by atoms with Gasteiger partial charge in [0.2, 0.25) is 0 Å². The lowest BCUT2D eigenvalue weighted by Crippen LogP contribution is -2.00. The van der Waals surface area contributed by atoms with E-state index in [0.29, 0.717) is 18.8 Å². The van der Waals surface area contributed by atoms with Crippen molar-refractivity contribution < 1.29 is 26.7 Å². The average Bonchev–Trinajstić information content (AvgIpc) is 2.82. The first kappa shape index (κ1) is 24.2. The highest BCUT2D eigenvalue weighted by molar-refractivity contribution is 5.91. The van der Waals surface area contributed by atoms with Gasteiger partial charge in [-0.05, 0) is 74.0 Å². The molecular formula is C27H23F5O. The van der Waals surface area contributed by atoms with Crippen LogP contribution in [0.25, 0.3) is 22.4 Å². The summed E-state index contributed by atoms with van der Waals surface area (Å²) in [5, 5.41) is -0.642. The molecule has 0 N–H and O–H groups in total. The maximum atomic E-state index is 15.0. The van der Waals surface area contributed by atoms with Crippen LogP contribution < -0.4 is 4.74 Å². The molecule has 0 aliphatic heterocycles. The molecule has 0 heterocycles. The minimum Gasteiger partial charge on any atom is -0.490 e. The van der Waals surface area contributed by atoms with Gasteiger partial charge in [0.15, 0.2) is 23.3 Å². The number of rotatable bonds is 8. The topological polar surface area (TPSA) is 9.23 Å². The van der Waals surface area contributed by atoms with E-state index in [-0.39, 0.29) is 22.9 Å². The van der Waals surface area contributed by atoms with Crippen molar-refractivity contribution in [3.63, 3.8) is 0 Å². The van der Waals surface area contributed by atoms with Crippen LogP contribution in [0, 0.1) is 17.5 Å². The predicted molar refractivity (Wildman–Crippen MR) is 123 cm³/mol. The van der Waals surface area contributed by atoms with E-state index >= 15 is 4.39 Å². The highest BCUT2D eigenvalue weighted by atomic mass is 19.2. The van der Waals surface area contributed by atoms with Gasteiger partial charge in [0, 0.05) is 11.1 Å². The summed E-state index contributed by atoms with van der Waals surface area (Å²) in [6.45, 7) is 3.97. The molecule has 3 aromatic carbocycles. The molecule has 1 nitrogen and oxygen atoms in total. The minimum absolute atomic E-state index is 0.0708. The first-order chi connectivity index (χ1) is 15.9. The SMILES string of the molecule is CC=CCOc1ccc(C(F)=C(F)c2ccc3cc(CC/C=C/C)c(F)c(F)c3c2F)cc1. The van der Waals surface area contributed by atoms with Gasteiger partial charge >= 0.3 is 0 Å². The molecule has 0 spiro atoms. The zero-order chi connectivity index (χ0) is 24.0. The van der Waals surface area contributed by atoms with Gasteiger partial charge in [-0.15, -0.1) is 0 Å². The first-order valence-electron chi connectivity index (χ1n) is 10.5. The van der Waals surface area contributed by atoms with E-state index in [1.807, 2.05) is 19.9 Å². The minimum atomic E-state index is -1.51. The van der Waals surface area contributed by atoms with Crippen molar-refractivity contribution in [2.24, 2.45) is 0 Å². The number of benzene rings is 3. The zero-order valence-electron chi connectivity index (χ0n) is 18.3. The standard InChI is InChI=1S/C27H23F5O/c1-3-5-7-8-19-16-18-11-14-21(25(30)22(18)27(32)24(19)29)26(31)23(28)17-9-12-20(13-10-17)33-15-6-4-2/h3-6,9-14,16H,7-8,15H2,1-2H3/b5-3+,6-4?,26-23?. The quantitative estimate of drug-likeness (QED) is 0.187. The molecule has 0 fully saturated rings. The highest BCUT2D eigenvalue weighted by Gasteiger charge is 2.22. The van der Waals surface area contributed by atoms with Crippen molar-refractivity contribution in [1.29, 1.82) is 0 Å². The van der Waals surface area contributed by atoms with E-state index in [4.69, 9.17) is 4.74 Å². The summed E-state index contributed by atoms with van der Waals surface area (Å²) in [6, 6.07) is 9.08. The lowest BCUT2D eigenvalue weighted by Gasteiger charge is -2.11. The molecule has 0 atom stereocenters. The van der Waals surface area contributed by atoms with Crippen molar-refractivity contribution >= 4 is 22.4 Å². The number of aryl methyl sites for hydroxylation is 1. The van der Waals surface area contributed by atoms with Crippen molar-refractivity contribution in [2.75, 3.05) is 6.61 Å². The van der Waals surface area contributed by atoms with Crippen molar-refractivity contribution in [2.45, 2.75) is 26.7 Å². The highest BCUT2D eigenvalue weighted by Crippen LogP contribution is 2.35. The molecule has 33 heavy (non-hydrogen) atoms. The lowest BCUT2D eigenvalue weighted by molar-refractivity contribution is 0.362. The average molecular weight is 458 g/mol. The summed E-state index contributed by atoms with van der Waals surface area (Å²) in [5.74, 6) is -6.35. The monoisotopic (exact) mass is 458 g/mol. The molecule has 0 saturated carbocycles. The summed E-state index contributed by atoms with van der Waals surface area (Å²) >= 11 is 0. The maximum Gasteiger partial charge on any atom is 0.169 e. The van der Waals surface area contributed by atoms with Crippen LogP contribution in [0.3, 0.4) is 0 Å². The third-order valence-electron chi connectivity index (χ3n) is 5.13. The maximum absolute atomic E-state index is 15.0. The number of ether oxygens (including phenoxy) is 1. The molecule has 0 aliphatic carbocycles. The second-order valence-corrected chi connectivity index (χ2v) is 7.33. The number of halogens is 5. The summed E-state index contributed by atoms with van der Waals surface area (Å²) < 4.78 is 79.2. The number of allylic oxidation sites excluding steroid dienone is 3. The Morgan fingerprint density at radius 3 is 2.18 bits per heavy atom. The van der Waals surface area contributed by atoms with Crippen LogP contribution in [-0.2, 0) is 6.42 Å². The molecule has 0 aliphatic rings. The molecule has 0 unspecified atom stereocenters. The van der Waals surface area contributed by atoms with Crippen LogP contribution in [0.4, 0.5) is 22.0 Å². The van der Waals surface area contributed by atoms with Gasteiger partial charge in [-0.2, -0.15) is 0 Å². The van der Waals surface area contributed by atoms with E-state index in [9.17, 15) is 17.6 Å². The third kappa shape index (κ3) is 5.33. The van der Waals surface area contributed by atoms with Gasteiger partial charge < -0.3 is 4.74 Å². The van der Waals surface area contributed by atoms with Crippen molar-refractivity contribution in [1.82, 2.24) is 0 Å². The Morgan fingerprint density at radius 2 is 1.52 bits per heavy atom. The predicted octanol–water partition coefficient (Wildman–Crippen LogP) is 8.49. The molecule has 3 rings (SSSR count). The molecule has 3 aromatic rings. The fraction of sp³-hybridized carbons (Fsp3) is 0.185. The zero-order valence-corrected chi connectivity index (χ0v) is 18.3. The second kappa shape index (κ2) is 10.9. The fourth-order valence-electron chi connectivity index (χ4n) is 3.38. The van der Waals surface area contributed by atoms with Gasteiger partial charge in [-0.25, -0.2) is 22.0 Å².